The molecule has 0 aromatic carbocycles. The van der Waals surface area contributed by atoms with Crippen molar-refractivity contribution in [1.29, 1.82) is 0 Å². The third-order valence-electron chi connectivity index (χ3n) is 3.33. The summed E-state index contributed by atoms with van der Waals surface area (Å²) in [7, 11) is 0. The normalized spacial score (nSPS) is 20.9. The van der Waals surface area contributed by atoms with Crippen LogP contribution in [0.15, 0.2) is 10.5 Å². The molecule has 3 N–H and O–H groups in total. The van der Waals surface area contributed by atoms with E-state index in [4.69, 9.17) is 15.3 Å². The molecule has 94 valence electrons. The van der Waals surface area contributed by atoms with Gasteiger partial charge >= 0.3 is 5.97 Å². The lowest BCUT2D eigenvalue weighted by molar-refractivity contribution is 0.0661. The van der Waals surface area contributed by atoms with Crippen LogP contribution in [0.1, 0.15) is 28.3 Å². The number of hydrogen-bond acceptors (Lipinski definition) is 4. The molecule has 2 heterocycles. The maximum Gasteiger partial charge on any atom is 0.371 e. The summed E-state index contributed by atoms with van der Waals surface area (Å²) in [6, 6.07) is 1.62. The fraction of sp³-hybridized carbons (Fsp3) is 0.583. The van der Waals surface area contributed by atoms with Crippen LogP contribution in [0.3, 0.4) is 0 Å². The van der Waals surface area contributed by atoms with E-state index in [9.17, 15) is 4.79 Å². The molecule has 2 rings (SSSR count). The molecule has 5 heteroatoms. The van der Waals surface area contributed by atoms with Gasteiger partial charge in [0.2, 0.25) is 5.76 Å². The molecule has 1 aromatic heterocycles. The molecule has 1 fully saturated rings. The molecule has 1 unspecified atom stereocenters. The Morgan fingerprint density at radius 3 is 3.00 bits per heavy atom. The fourth-order valence-corrected chi connectivity index (χ4v) is 2.27. The van der Waals surface area contributed by atoms with Crippen LogP contribution in [0.4, 0.5) is 0 Å². The van der Waals surface area contributed by atoms with Crippen molar-refractivity contribution in [3.8, 4) is 0 Å². The van der Waals surface area contributed by atoms with Gasteiger partial charge in [-0.2, -0.15) is 0 Å². The average molecular weight is 238 g/mol. The Morgan fingerprint density at radius 1 is 1.71 bits per heavy atom. The monoisotopic (exact) mass is 238 g/mol. The quantitative estimate of drug-likeness (QED) is 0.820. The summed E-state index contributed by atoms with van der Waals surface area (Å²) in [5.74, 6) is 0.271. The van der Waals surface area contributed by atoms with E-state index in [0.29, 0.717) is 11.7 Å². The topological polar surface area (TPSA) is 79.7 Å². The van der Waals surface area contributed by atoms with E-state index in [-0.39, 0.29) is 5.76 Å². The van der Waals surface area contributed by atoms with E-state index in [1.165, 1.54) is 0 Å². The highest BCUT2D eigenvalue weighted by Crippen LogP contribution is 2.21. The van der Waals surface area contributed by atoms with E-state index in [0.717, 1.165) is 38.2 Å². The van der Waals surface area contributed by atoms with Gasteiger partial charge in [-0.25, -0.2) is 4.79 Å². The Morgan fingerprint density at radius 2 is 2.47 bits per heavy atom. The number of carbonyl (C=O) groups is 1. The standard InChI is InChI=1S/C12H18N2O3/c1-8-10(4-11(17-8)12(15)16)7-14-3-2-9(5-13)6-14/h4,9H,2-3,5-7,13H2,1H3,(H,15,16). The lowest BCUT2D eigenvalue weighted by atomic mass is 10.1. The zero-order valence-corrected chi connectivity index (χ0v) is 9.98. The van der Waals surface area contributed by atoms with Crippen molar-refractivity contribution < 1.29 is 14.3 Å². The van der Waals surface area contributed by atoms with Gasteiger partial charge < -0.3 is 15.3 Å². The minimum absolute atomic E-state index is 0.0204. The summed E-state index contributed by atoms with van der Waals surface area (Å²) in [4.78, 5) is 13.1. The van der Waals surface area contributed by atoms with Gasteiger partial charge in [0.15, 0.2) is 0 Å². The van der Waals surface area contributed by atoms with Gasteiger partial charge in [-0.1, -0.05) is 0 Å². The number of carboxylic acids is 1. The molecule has 1 atom stereocenters. The van der Waals surface area contributed by atoms with E-state index in [1.54, 1.807) is 13.0 Å². The summed E-state index contributed by atoms with van der Waals surface area (Å²) < 4.78 is 5.19. The van der Waals surface area contributed by atoms with Crippen LogP contribution < -0.4 is 5.73 Å². The number of carboxylic acid groups (broad SMARTS) is 1. The molecule has 5 nitrogen and oxygen atoms in total. The van der Waals surface area contributed by atoms with Crippen molar-refractivity contribution in [1.82, 2.24) is 4.90 Å². The van der Waals surface area contributed by atoms with Gasteiger partial charge in [0.05, 0.1) is 0 Å². The van der Waals surface area contributed by atoms with Gasteiger partial charge in [-0.15, -0.1) is 0 Å². The second-order valence-electron chi connectivity index (χ2n) is 4.62. The maximum absolute atomic E-state index is 10.8. The van der Waals surface area contributed by atoms with E-state index in [1.807, 2.05) is 0 Å². The molecule has 1 aliphatic rings. The van der Waals surface area contributed by atoms with Crippen LogP contribution >= 0.6 is 0 Å². The summed E-state index contributed by atoms with van der Waals surface area (Å²) in [6.07, 6.45) is 1.12. The summed E-state index contributed by atoms with van der Waals surface area (Å²) in [6.45, 7) is 5.29. The van der Waals surface area contributed by atoms with E-state index in [2.05, 4.69) is 4.90 Å². The lowest BCUT2D eigenvalue weighted by Crippen LogP contribution is -2.22. The molecular weight excluding hydrogens is 220 g/mol. The fourth-order valence-electron chi connectivity index (χ4n) is 2.27. The smallest absolute Gasteiger partial charge is 0.371 e. The summed E-state index contributed by atoms with van der Waals surface area (Å²) in [5, 5.41) is 8.84. The number of likely N-dealkylation sites (tertiary alicyclic amines) is 1. The second kappa shape index (κ2) is 4.89. The molecule has 0 amide bonds. The predicted molar refractivity (Wildman–Crippen MR) is 62.8 cm³/mol. The van der Waals surface area contributed by atoms with Crippen LogP contribution in [-0.2, 0) is 6.54 Å². The van der Waals surface area contributed by atoms with Crippen LogP contribution in [0.2, 0.25) is 0 Å². The molecule has 0 saturated carbocycles. The van der Waals surface area contributed by atoms with Crippen LogP contribution in [0, 0.1) is 12.8 Å². The van der Waals surface area contributed by atoms with Crippen LogP contribution in [-0.4, -0.2) is 35.6 Å². The Labute approximate surface area is 100 Å². The number of nitrogens with zero attached hydrogens (tertiary/aromatic N) is 1. The zero-order chi connectivity index (χ0) is 12.4. The number of aryl methyl sites for hydroxylation is 1. The van der Waals surface area contributed by atoms with Gasteiger partial charge in [0.25, 0.3) is 0 Å². The van der Waals surface area contributed by atoms with Gasteiger partial charge in [-0.05, 0) is 38.4 Å². The molecular formula is C12H18N2O3. The minimum atomic E-state index is -1.01. The zero-order valence-electron chi connectivity index (χ0n) is 9.98. The molecule has 0 spiro atoms. The summed E-state index contributed by atoms with van der Waals surface area (Å²) in [5.41, 5.74) is 6.60. The molecule has 0 bridgehead atoms. The Kier molecular flexibility index (Phi) is 3.49. The second-order valence-corrected chi connectivity index (χ2v) is 4.62. The van der Waals surface area contributed by atoms with E-state index >= 15 is 0 Å². The van der Waals surface area contributed by atoms with Gasteiger partial charge in [0.1, 0.15) is 5.76 Å². The van der Waals surface area contributed by atoms with Crippen molar-refractivity contribution in [3.05, 3.63) is 23.2 Å². The number of nitrogens with two attached hydrogens (primary N) is 1. The number of hydrogen-bond donors (Lipinski definition) is 2. The van der Waals surface area contributed by atoms with Gasteiger partial charge in [-0.3, -0.25) is 4.90 Å². The van der Waals surface area contributed by atoms with Crippen molar-refractivity contribution in [2.24, 2.45) is 11.7 Å². The first-order chi connectivity index (χ1) is 8.10. The molecule has 0 radical (unpaired) electrons. The highest BCUT2D eigenvalue weighted by molar-refractivity contribution is 5.84. The third-order valence-corrected chi connectivity index (χ3v) is 3.33. The van der Waals surface area contributed by atoms with Crippen molar-refractivity contribution in [3.63, 3.8) is 0 Å². The molecule has 1 saturated heterocycles. The molecule has 17 heavy (non-hydrogen) atoms. The van der Waals surface area contributed by atoms with Crippen molar-refractivity contribution in [2.45, 2.75) is 19.9 Å². The van der Waals surface area contributed by atoms with Crippen LogP contribution in [0.5, 0.6) is 0 Å². The maximum atomic E-state index is 10.8. The molecule has 1 aliphatic heterocycles. The molecule has 0 aliphatic carbocycles. The lowest BCUT2D eigenvalue weighted by Gasteiger charge is -2.14. The van der Waals surface area contributed by atoms with Crippen molar-refractivity contribution >= 4 is 5.97 Å². The SMILES string of the molecule is Cc1oc(C(=O)O)cc1CN1CCC(CN)C1. The predicted octanol–water partition coefficient (Wildman–Crippen LogP) is 1.07. The number of furan rings is 1. The Balaban J connectivity index is 2.01. The van der Waals surface area contributed by atoms with Crippen molar-refractivity contribution in [2.75, 3.05) is 19.6 Å². The van der Waals surface area contributed by atoms with E-state index < -0.39 is 5.97 Å². The minimum Gasteiger partial charge on any atom is -0.475 e. The Bertz CT molecular complexity index is 414. The number of rotatable bonds is 4. The average Bonchev–Trinajstić information content (AvgIpc) is 2.87. The van der Waals surface area contributed by atoms with Crippen LogP contribution in [0.25, 0.3) is 0 Å². The number of aromatic carboxylic acids is 1. The first kappa shape index (κ1) is 12.1. The third kappa shape index (κ3) is 2.68. The first-order valence-corrected chi connectivity index (χ1v) is 5.85. The Hall–Kier alpha value is -1.33. The van der Waals surface area contributed by atoms with Gasteiger partial charge in [0, 0.05) is 18.7 Å². The molecule has 1 aromatic rings. The first-order valence-electron chi connectivity index (χ1n) is 5.85. The highest BCUT2D eigenvalue weighted by atomic mass is 16.4. The highest BCUT2D eigenvalue weighted by Gasteiger charge is 2.23. The largest absolute Gasteiger partial charge is 0.475 e. The summed E-state index contributed by atoms with van der Waals surface area (Å²) >= 11 is 0.